The summed E-state index contributed by atoms with van der Waals surface area (Å²) in [7, 11) is 0. The Hall–Kier alpha value is -1.23. The van der Waals surface area contributed by atoms with Gasteiger partial charge < -0.3 is 0 Å². The molecule has 1 aliphatic heterocycles. The van der Waals surface area contributed by atoms with E-state index >= 15 is 0 Å². The first-order valence-electron chi connectivity index (χ1n) is 8.42. The molecule has 134 valence electrons. The number of aromatic nitrogens is 1. The van der Waals surface area contributed by atoms with Gasteiger partial charge in [0.1, 0.15) is 16.8 Å². The van der Waals surface area contributed by atoms with Gasteiger partial charge in [-0.1, -0.05) is 35.3 Å². The minimum absolute atomic E-state index is 0.155. The van der Waals surface area contributed by atoms with Gasteiger partial charge in [0, 0.05) is 18.2 Å². The van der Waals surface area contributed by atoms with Gasteiger partial charge in [0.2, 0.25) is 0 Å². The number of pyridine rings is 1. The molecule has 1 aromatic heterocycles. The van der Waals surface area contributed by atoms with E-state index in [0.717, 1.165) is 19.4 Å². The Morgan fingerprint density at radius 1 is 1.20 bits per heavy atom. The Labute approximate surface area is 156 Å². The summed E-state index contributed by atoms with van der Waals surface area (Å²) in [5, 5.41) is 0.473. The highest BCUT2D eigenvalue weighted by Gasteiger charge is 2.27. The molecule has 1 aliphatic rings. The van der Waals surface area contributed by atoms with Crippen molar-refractivity contribution >= 4 is 23.2 Å². The second-order valence-electron chi connectivity index (χ2n) is 6.69. The minimum Gasteiger partial charge on any atom is -0.296 e. The molecule has 6 heteroatoms. The number of likely N-dealkylation sites (tertiary alicyclic amines) is 1. The van der Waals surface area contributed by atoms with E-state index in [1.807, 2.05) is 0 Å². The Morgan fingerprint density at radius 2 is 2.00 bits per heavy atom. The van der Waals surface area contributed by atoms with Crippen LogP contribution < -0.4 is 0 Å². The van der Waals surface area contributed by atoms with Crippen molar-refractivity contribution in [3.63, 3.8) is 0 Å². The summed E-state index contributed by atoms with van der Waals surface area (Å²) >= 11 is 11.7. The number of piperidine rings is 1. The average molecular weight is 385 g/mol. The molecule has 0 amide bonds. The molecule has 0 unspecified atom stereocenters. The Balaban J connectivity index is 1.62. The van der Waals surface area contributed by atoms with E-state index in [4.69, 9.17) is 23.2 Å². The van der Waals surface area contributed by atoms with Crippen molar-refractivity contribution < 1.29 is 8.78 Å². The van der Waals surface area contributed by atoms with E-state index in [1.54, 1.807) is 18.2 Å². The molecule has 0 N–H and O–H groups in total. The molecule has 0 aliphatic carbocycles. The lowest BCUT2D eigenvalue weighted by Gasteiger charge is -2.37. The largest absolute Gasteiger partial charge is 0.296 e. The number of benzene rings is 1. The van der Waals surface area contributed by atoms with Gasteiger partial charge in [-0.15, -0.1) is 0 Å². The van der Waals surface area contributed by atoms with Gasteiger partial charge in [-0.25, -0.2) is 13.8 Å². The van der Waals surface area contributed by atoms with Crippen molar-refractivity contribution in [1.29, 1.82) is 0 Å². The molecule has 2 aromatic rings. The third-order valence-electron chi connectivity index (χ3n) is 4.89. The van der Waals surface area contributed by atoms with Crippen molar-refractivity contribution in [2.24, 2.45) is 5.92 Å². The predicted octanol–water partition coefficient (Wildman–Crippen LogP) is 5.51. The maximum absolute atomic E-state index is 14.1. The van der Waals surface area contributed by atoms with Gasteiger partial charge in [0.05, 0.1) is 10.7 Å². The smallest absolute Gasteiger partial charge is 0.146 e. The fraction of sp³-hybridized carbons (Fsp3) is 0.421. The lowest BCUT2D eigenvalue weighted by atomic mass is 9.87. The molecule has 1 aromatic carbocycles. The number of hydrogen-bond donors (Lipinski definition) is 0. The minimum atomic E-state index is -0.344. The molecule has 25 heavy (non-hydrogen) atoms. The third kappa shape index (κ3) is 4.49. The molecule has 2 atom stereocenters. The summed E-state index contributed by atoms with van der Waals surface area (Å²) in [6.07, 6.45) is 2.41. The standard InChI is InChI=1S/C19H20Cl2F2N2/c1-12-9-13(10-17-16(22)5-6-18(21)24-17)7-8-25(12)11-14-3-2-4-15(20)19(14)23/h2-6,12-13H,7-11H2,1H3/t12-,13-/m1/s1. The SMILES string of the molecule is C[C@@H]1C[C@H](Cc2nc(Cl)ccc2F)CCN1Cc1cccc(Cl)c1F. The van der Waals surface area contributed by atoms with Crippen LogP contribution in [-0.2, 0) is 13.0 Å². The van der Waals surface area contributed by atoms with E-state index in [0.29, 0.717) is 35.3 Å². The quantitative estimate of drug-likeness (QED) is 0.646. The van der Waals surface area contributed by atoms with Crippen LogP contribution in [0.15, 0.2) is 30.3 Å². The second kappa shape index (κ2) is 7.98. The van der Waals surface area contributed by atoms with Crippen LogP contribution in [0.3, 0.4) is 0 Å². The van der Waals surface area contributed by atoms with E-state index in [2.05, 4.69) is 16.8 Å². The Morgan fingerprint density at radius 3 is 2.76 bits per heavy atom. The Kier molecular flexibility index (Phi) is 5.92. The molecule has 2 nitrogen and oxygen atoms in total. The van der Waals surface area contributed by atoms with Crippen LogP contribution in [0, 0.1) is 17.6 Å². The van der Waals surface area contributed by atoms with Crippen LogP contribution in [0.5, 0.6) is 0 Å². The molecule has 0 saturated carbocycles. The van der Waals surface area contributed by atoms with Gasteiger partial charge >= 0.3 is 0 Å². The zero-order valence-electron chi connectivity index (χ0n) is 14.0. The topological polar surface area (TPSA) is 16.1 Å². The molecule has 1 fully saturated rings. The molecular formula is C19H20Cl2F2N2. The fourth-order valence-electron chi connectivity index (χ4n) is 3.50. The number of hydrogen-bond acceptors (Lipinski definition) is 2. The van der Waals surface area contributed by atoms with Gasteiger partial charge in [0.15, 0.2) is 0 Å². The third-order valence-corrected chi connectivity index (χ3v) is 5.40. The molecular weight excluding hydrogens is 365 g/mol. The lowest BCUT2D eigenvalue weighted by molar-refractivity contribution is 0.113. The summed E-state index contributed by atoms with van der Waals surface area (Å²) in [5.41, 5.74) is 1.04. The van der Waals surface area contributed by atoms with Crippen LogP contribution in [0.1, 0.15) is 31.0 Å². The van der Waals surface area contributed by atoms with Gasteiger partial charge in [-0.3, -0.25) is 4.90 Å². The highest BCUT2D eigenvalue weighted by Crippen LogP contribution is 2.29. The van der Waals surface area contributed by atoms with E-state index in [9.17, 15) is 8.78 Å². The number of rotatable bonds is 4. The maximum Gasteiger partial charge on any atom is 0.146 e. The Bertz CT molecular complexity index is 754. The first-order valence-corrected chi connectivity index (χ1v) is 9.17. The van der Waals surface area contributed by atoms with Crippen molar-refractivity contribution in [2.45, 2.75) is 38.8 Å². The van der Waals surface area contributed by atoms with Crippen molar-refractivity contribution in [1.82, 2.24) is 9.88 Å². The van der Waals surface area contributed by atoms with Crippen LogP contribution in [0.2, 0.25) is 10.2 Å². The first kappa shape index (κ1) is 18.6. The summed E-state index contributed by atoms with van der Waals surface area (Å²) in [6, 6.07) is 8.20. The maximum atomic E-state index is 14.1. The highest BCUT2D eigenvalue weighted by molar-refractivity contribution is 6.30. The van der Waals surface area contributed by atoms with Crippen LogP contribution in [0.25, 0.3) is 0 Å². The average Bonchev–Trinajstić information content (AvgIpc) is 2.57. The molecule has 1 saturated heterocycles. The highest BCUT2D eigenvalue weighted by atomic mass is 35.5. The molecule has 0 spiro atoms. The van der Waals surface area contributed by atoms with Gasteiger partial charge in [0.25, 0.3) is 0 Å². The number of halogens is 4. The summed E-state index contributed by atoms with van der Waals surface area (Å²) in [4.78, 5) is 6.36. The van der Waals surface area contributed by atoms with Crippen LogP contribution >= 0.6 is 23.2 Å². The first-order chi connectivity index (χ1) is 11.9. The van der Waals surface area contributed by atoms with E-state index in [-0.39, 0.29) is 22.7 Å². The lowest BCUT2D eigenvalue weighted by Crippen LogP contribution is -2.41. The zero-order valence-corrected chi connectivity index (χ0v) is 15.5. The van der Waals surface area contributed by atoms with E-state index < -0.39 is 0 Å². The monoisotopic (exact) mass is 384 g/mol. The van der Waals surface area contributed by atoms with Crippen molar-refractivity contribution in [3.05, 3.63) is 63.4 Å². The number of nitrogens with zero attached hydrogens (tertiary/aromatic N) is 2. The molecule has 2 heterocycles. The fourth-order valence-corrected chi connectivity index (χ4v) is 3.86. The van der Waals surface area contributed by atoms with E-state index in [1.165, 1.54) is 12.1 Å². The van der Waals surface area contributed by atoms with Crippen molar-refractivity contribution in [2.75, 3.05) is 6.54 Å². The molecule has 0 bridgehead atoms. The van der Waals surface area contributed by atoms with Crippen molar-refractivity contribution in [3.8, 4) is 0 Å². The summed E-state index contributed by atoms with van der Waals surface area (Å²) in [5.74, 6) is -0.305. The molecule has 3 rings (SSSR count). The summed E-state index contributed by atoms with van der Waals surface area (Å²) in [6.45, 7) is 3.49. The molecule has 0 radical (unpaired) electrons. The second-order valence-corrected chi connectivity index (χ2v) is 7.48. The normalized spacial score (nSPS) is 21.5. The predicted molar refractivity (Wildman–Crippen MR) is 96.9 cm³/mol. The summed E-state index contributed by atoms with van der Waals surface area (Å²) < 4.78 is 28.0. The zero-order chi connectivity index (χ0) is 18.0. The van der Waals surface area contributed by atoms with Gasteiger partial charge in [-0.2, -0.15) is 0 Å². The van der Waals surface area contributed by atoms with Crippen LogP contribution in [0.4, 0.5) is 8.78 Å². The van der Waals surface area contributed by atoms with Crippen LogP contribution in [-0.4, -0.2) is 22.5 Å². The van der Waals surface area contributed by atoms with Gasteiger partial charge in [-0.05, 0) is 56.8 Å².